The van der Waals surface area contributed by atoms with Crippen LogP contribution in [0.5, 0.6) is 0 Å². The lowest BCUT2D eigenvalue weighted by Crippen LogP contribution is -2.60. The first-order valence-electron chi connectivity index (χ1n) is 6.34. The summed E-state index contributed by atoms with van der Waals surface area (Å²) < 4.78 is 0. The first-order valence-corrected chi connectivity index (χ1v) is 6.34. The van der Waals surface area contributed by atoms with E-state index >= 15 is 0 Å². The van der Waals surface area contributed by atoms with Gasteiger partial charge in [0.25, 0.3) is 0 Å². The maximum absolute atomic E-state index is 12.1. The van der Waals surface area contributed by atoms with E-state index in [1.165, 1.54) is 0 Å². The summed E-state index contributed by atoms with van der Waals surface area (Å²) in [6.45, 7) is 3.86. The SMILES string of the molecule is CC(NC1(CO)CCC1)C(=O)N1CCCC1. The number of amides is 1. The number of carbonyl (C=O) groups excluding carboxylic acids is 1. The molecule has 0 spiro atoms. The molecule has 0 radical (unpaired) electrons. The van der Waals surface area contributed by atoms with Crippen LogP contribution < -0.4 is 5.32 Å². The average Bonchev–Trinajstić information content (AvgIpc) is 2.75. The van der Waals surface area contributed by atoms with E-state index in [1.807, 2.05) is 11.8 Å². The van der Waals surface area contributed by atoms with Crippen LogP contribution in [0.4, 0.5) is 0 Å². The number of aliphatic hydroxyl groups excluding tert-OH is 1. The van der Waals surface area contributed by atoms with Gasteiger partial charge in [-0.05, 0) is 39.0 Å². The number of nitrogens with zero attached hydrogens (tertiary/aromatic N) is 1. The Morgan fingerprint density at radius 2 is 2.00 bits per heavy atom. The summed E-state index contributed by atoms with van der Waals surface area (Å²) in [5, 5.41) is 12.7. The number of hydrogen-bond donors (Lipinski definition) is 2. The van der Waals surface area contributed by atoms with Gasteiger partial charge in [0.15, 0.2) is 0 Å². The van der Waals surface area contributed by atoms with Crippen molar-refractivity contribution in [2.24, 2.45) is 0 Å². The van der Waals surface area contributed by atoms with Crippen molar-refractivity contribution in [3.05, 3.63) is 0 Å². The Hall–Kier alpha value is -0.610. The van der Waals surface area contributed by atoms with Crippen LogP contribution in [0, 0.1) is 0 Å². The van der Waals surface area contributed by atoms with Crippen LogP contribution in [-0.4, -0.2) is 47.2 Å². The first-order chi connectivity index (χ1) is 7.67. The summed E-state index contributed by atoms with van der Waals surface area (Å²) in [5.74, 6) is 0.192. The summed E-state index contributed by atoms with van der Waals surface area (Å²) in [6.07, 6.45) is 5.38. The summed E-state index contributed by atoms with van der Waals surface area (Å²) in [4.78, 5) is 14.0. The fraction of sp³-hybridized carbons (Fsp3) is 0.917. The first kappa shape index (κ1) is 11.9. The van der Waals surface area contributed by atoms with Crippen molar-refractivity contribution in [2.45, 2.75) is 50.6 Å². The second-order valence-corrected chi connectivity index (χ2v) is 5.19. The average molecular weight is 226 g/mol. The number of rotatable bonds is 4. The summed E-state index contributed by atoms with van der Waals surface area (Å²) in [5.41, 5.74) is -0.172. The monoisotopic (exact) mass is 226 g/mol. The van der Waals surface area contributed by atoms with Crippen LogP contribution in [-0.2, 0) is 4.79 Å². The number of hydrogen-bond acceptors (Lipinski definition) is 3. The highest BCUT2D eigenvalue weighted by Crippen LogP contribution is 2.31. The van der Waals surface area contributed by atoms with E-state index in [-0.39, 0.29) is 24.1 Å². The van der Waals surface area contributed by atoms with Gasteiger partial charge in [0, 0.05) is 18.6 Å². The maximum Gasteiger partial charge on any atom is 0.239 e. The quantitative estimate of drug-likeness (QED) is 0.734. The van der Waals surface area contributed by atoms with Gasteiger partial charge in [0.1, 0.15) is 0 Å². The Morgan fingerprint density at radius 1 is 1.38 bits per heavy atom. The maximum atomic E-state index is 12.1. The van der Waals surface area contributed by atoms with E-state index in [1.54, 1.807) is 0 Å². The van der Waals surface area contributed by atoms with Crippen molar-refractivity contribution in [2.75, 3.05) is 19.7 Å². The van der Waals surface area contributed by atoms with Crippen LogP contribution >= 0.6 is 0 Å². The van der Waals surface area contributed by atoms with Gasteiger partial charge in [-0.1, -0.05) is 0 Å². The van der Waals surface area contributed by atoms with E-state index in [2.05, 4.69) is 5.32 Å². The fourth-order valence-corrected chi connectivity index (χ4v) is 2.68. The van der Waals surface area contributed by atoms with Crippen LogP contribution in [0.25, 0.3) is 0 Å². The van der Waals surface area contributed by atoms with Crippen molar-refractivity contribution in [1.29, 1.82) is 0 Å². The molecule has 1 aliphatic carbocycles. The van der Waals surface area contributed by atoms with Crippen molar-refractivity contribution in [1.82, 2.24) is 10.2 Å². The topological polar surface area (TPSA) is 52.6 Å². The van der Waals surface area contributed by atoms with Crippen LogP contribution in [0.15, 0.2) is 0 Å². The third-order valence-corrected chi connectivity index (χ3v) is 3.92. The van der Waals surface area contributed by atoms with E-state index in [4.69, 9.17) is 0 Å². The zero-order valence-corrected chi connectivity index (χ0v) is 10.0. The molecule has 4 nitrogen and oxygen atoms in total. The van der Waals surface area contributed by atoms with Gasteiger partial charge in [0.05, 0.1) is 12.6 Å². The number of carbonyl (C=O) groups is 1. The lowest BCUT2D eigenvalue weighted by Gasteiger charge is -2.43. The predicted molar refractivity (Wildman–Crippen MR) is 62.1 cm³/mol. The van der Waals surface area contributed by atoms with E-state index in [0.717, 1.165) is 45.2 Å². The van der Waals surface area contributed by atoms with Gasteiger partial charge in [-0.15, -0.1) is 0 Å². The van der Waals surface area contributed by atoms with Gasteiger partial charge in [0.2, 0.25) is 5.91 Å². The van der Waals surface area contributed by atoms with Gasteiger partial charge in [-0.2, -0.15) is 0 Å². The Bertz CT molecular complexity index is 252. The molecule has 1 aliphatic heterocycles. The number of nitrogens with one attached hydrogen (secondary N) is 1. The molecule has 1 amide bonds. The minimum absolute atomic E-state index is 0.143. The highest BCUT2D eigenvalue weighted by atomic mass is 16.3. The molecule has 1 saturated heterocycles. The molecule has 0 aromatic heterocycles. The van der Waals surface area contributed by atoms with Crippen molar-refractivity contribution in [3.8, 4) is 0 Å². The molecule has 4 heteroatoms. The predicted octanol–water partition coefficient (Wildman–Crippen LogP) is 0.502. The largest absolute Gasteiger partial charge is 0.394 e. The van der Waals surface area contributed by atoms with Gasteiger partial charge >= 0.3 is 0 Å². The van der Waals surface area contributed by atoms with Crippen molar-refractivity contribution >= 4 is 5.91 Å². The smallest absolute Gasteiger partial charge is 0.239 e. The molecular formula is C12H22N2O2. The molecule has 1 saturated carbocycles. The number of likely N-dealkylation sites (tertiary alicyclic amines) is 1. The molecule has 92 valence electrons. The zero-order chi connectivity index (χ0) is 11.6. The summed E-state index contributed by atoms with van der Waals surface area (Å²) >= 11 is 0. The molecule has 0 aromatic carbocycles. The highest BCUT2D eigenvalue weighted by molar-refractivity contribution is 5.81. The summed E-state index contributed by atoms with van der Waals surface area (Å²) in [6, 6.07) is -0.162. The normalized spacial score (nSPS) is 25.2. The minimum atomic E-state index is -0.172. The van der Waals surface area contributed by atoms with Gasteiger partial charge < -0.3 is 10.0 Å². The number of aliphatic hydroxyl groups is 1. The molecule has 2 fully saturated rings. The standard InChI is InChI=1S/C12H22N2O2/c1-10(11(16)14-7-2-3-8-14)13-12(9-15)5-4-6-12/h10,13,15H,2-9H2,1H3. The highest BCUT2D eigenvalue weighted by Gasteiger charge is 2.39. The molecule has 0 aromatic rings. The Morgan fingerprint density at radius 3 is 2.44 bits per heavy atom. The van der Waals surface area contributed by atoms with E-state index < -0.39 is 0 Å². The Balaban J connectivity index is 1.86. The molecule has 1 unspecified atom stereocenters. The molecule has 0 bridgehead atoms. The second kappa shape index (κ2) is 4.72. The Kier molecular flexibility index (Phi) is 3.50. The van der Waals surface area contributed by atoms with Crippen molar-refractivity contribution in [3.63, 3.8) is 0 Å². The van der Waals surface area contributed by atoms with Crippen LogP contribution in [0.2, 0.25) is 0 Å². The van der Waals surface area contributed by atoms with Gasteiger partial charge in [-0.25, -0.2) is 0 Å². The van der Waals surface area contributed by atoms with Crippen LogP contribution in [0.3, 0.4) is 0 Å². The second-order valence-electron chi connectivity index (χ2n) is 5.19. The molecular weight excluding hydrogens is 204 g/mol. The third-order valence-electron chi connectivity index (χ3n) is 3.92. The third kappa shape index (κ3) is 2.23. The molecule has 1 atom stereocenters. The lowest BCUT2D eigenvalue weighted by atomic mass is 9.77. The molecule has 2 N–H and O–H groups in total. The lowest BCUT2D eigenvalue weighted by molar-refractivity contribution is -0.133. The van der Waals surface area contributed by atoms with Crippen LogP contribution in [0.1, 0.15) is 39.0 Å². The van der Waals surface area contributed by atoms with Crippen molar-refractivity contribution < 1.29 is 9.90 Å². The molecule has 1 heterocycles. The summed E-state index contributed by atoms with van der Waals surface area (Å²) in [7, 11) is 0. The molecule has 2 aliphatic rings. The Labute approximate surface area is 97.0 Å². The fourth-order valence-electron chi connectivity index (χ4n) is 2.68. The minimum Gasteiger partial charge on any atom is -0.394 e. The zero-order valence-electron chi connectivity index (χ0n) is 10.0. The van der Waals surface area contributed by atoms with E-state index in [0.29, 0.717) is 0 Å². The van der Waals surface area contributed by atoms with E-state index in [9.17, 15) is 9.90 Å². The molecule has 2 rings (SSSR count). The van der Waals surface area contributed by atoms with Gasteiger partial charge in [-0.3, -0.25) is 10.1 Å². The molecule has 16 heavy (non-hydrogen) atoms.